The van der Waals surface area contributed by atoms with E-state index in [1.165, 1.54) is 29.1 Å². The molecular weight excluding hydrogens is 326 g/mol. The second-order valence-corrected chi connectivity index (χ2v) is 6.91. The molecule has 1 atom stereocenters. The van der Waals surface area contributed by atoms with Crippen LogP contribution >= 0.6 is 11.3 Å². The average molecular weight is 343 g/mol. The van der Waals surface area contributed by atoms with E-state index in [0.717, 1.165) is 5.69 Å². The van der Waals surface area contributed by atoms with Crippen molar-refractivity contribution in [1.29, 1.82) is 0 Å². The van der Waals surface area contributed by atoms with Crippen LogP contribution in [0.2, 0.25) is 0 Å². The lowest BCUT2D eigenvalue weighted by molar-refractivity contribution is -0.127. The van der Waals surface area contributed by atoms with E-state index in [1.54, 1.807) is 19.1 Å². The molecule has 2 amide bonds. The summed E-state index contributed by atoms with van der Waals surface area (Å²) in [4.78, 5) is 30.7. The van der Waals surface area contributed by atoms with Gasteiger partial charge in [-0.1, -0.05) is 12.1 Å². The fraction of sp³-hybridized carbons (Fsp3) is 0.353. The number of hydrogen-bond acceptors (Lipinski definition) is 5. The highest BCUT2D eigenvalue weighted by Crippen LogP contribution is 2.41. The number of rotatable bonds is 4. The van der Waals surface area contributed by atoms with Crippen molar-refractivity contribution in [1.82, 2.24) is 4.98 Å². The Labute approximate surface area is 143 Å². The lowest BCUT2D eigenvalue weighted by atomic mass is 10.2. The first kappa shape index (κ1) is 15.1. The van der Waals surface area contributed by atoms with E-state index in [1.807, 2.05) is 17.5 Å². The van der Waals surface area contributed by atoms with E-state index >= 15 is 0 Å². The van der Waals surface area contributed by atoms with Crippen molar-refractivity contribution >= 4 is 34.0 Å². The van der Waals surface area contributed by atoms with Gasteiger partial charge in [0.25, 0.3) is 5.91 Å². The molecule has 1 saturated carbocycles. The molecule has 0 saturated heterocycles. The monoisotopic (exact) mass is 343 g/mol. The van der Waals surface area contributed by atoms with Gasteiger partial charge in [0.2, 0.25) is 5.91 Å². The standard InChI is InChI=1S/C17H17N3O3S/c1-10-16(22)20(13-4-2-3-5-14(13)23-10)8-15(21)19-17-18-12(9-24-17)11-6-7-11/h2-5,9-11H,6-8H2,1H3,(H,18,19,21)/t10-/m0/s1. The number of ether oxygens (including phenoxy) is 1. The van der Waals surface area contributed by atoms with Gasteiger partial charge in [-0.05, 0) is 31.9 Å². The van der Waals surface area contributed by atoms with Crippen LogP contribution in [-0.4, -0.2) is 29.4 Å². The Morgan fingerprint density at radius 2 is 2.21 bits per heavy atom. The highest BCUT2D eigenvalue weighted by atomic mass is 32.1. The number of hydrogen-bond donors (Lipinski definition) is 1. The molecule has 1 aliphatic carbocycles. The number of carbonyl (C=O) groups excluding carboxylic acids is 2. The molecular formula is C17H17N3O3S. The predicted octanol–water partition coefficient (Wildman–Crippen LogP) is 2.77. The van der Waals surface area contributed by atoms with Crippen LogP contribution in [0.4, 0.5) is 10.8 Å². The van der Waals surface area contributed by atoms with Crippen LogP contribution in [0, 0.1) is 0 Å². The van der Waals surface area contributed by atoms with Crippen LogP contribution in [0.15, 0.2) is 29.6 Å². The summed E-state index contributed by atoms with van der Waals surface area (Å²) in [5.41, 5.74) is 1.67. The van der Waals surface area contributed by atoms with Crippen molar-refractivity contribution in [3.05, 3.63) is 35.3 Å². The van der Waals surface area contributed by atoms with Crippen LogP contribution in [-0.2, 0) is 9.59 Å². The Hall–Kier alpha value is -2.41. The Morgan fingerprint density at radius 1 is 1.42 bits per heavy atom. The summed E-state index contributed by atoms with van der Waals surface area (Å²) in [6.45, 7) is 1.63. The van der Waals surface area contributed by atoms with E-state index in [0.29, 0.717) is 22.5 Å². The third-order valence-corrected chi connectivity index (χ3v) is 4.92. The first-order valence-electron chi connectivity index (χ1n) is 7.94. The maximum absolute atomic E-state index is 12.4. The topological polar surface area (TPSA) is 71.5 Å². The molecule has 2 heterocycles. The molecule has 124 valence electrons. The number of anilines is 2. The molecule has 2 aromatic rings. The lowest BCUT2D eigenvalue weighted by Crippen LogP contribution is -2.47. The largest absolute Gasteiger partial charge is 0.479 e. The maximum Gasteiger partial charge on any atom is 0.268 e. The summed E-state index contributed by atoms with van der Waals surface area (Å²) >= 11 is 1.42. The Morgan fingerprint density at radius 3 is 3.00 bits per heavy atom. The number of carbonyl (C=O) groups is 2. The van der Waals surface area contributed by atoms with Crippen molar-refractivity contribution in [3.8, 4) is 5.75 Å². The molecule has 4 rings (SSSR count). The number of amides is 2. The van der Waals surface area contributed by atoms with E-state index in [-0.39, 0.29) is 18.4 Å². The lowest BCUT2D eigenvalue weighted by Gasteiger charge is -2.32. The van der Waals surface area contributed by atoms with Crippen LogP contribution in [0.1, 0.15) is 31.4 Å². The fourth-order valence-corrected chi connectivity index (χ4v) is 3.54. The Kier molecular flexibility index (Phi) is 3.72. The first-order chi connectivity index (χ1) is 11.6. The molecule has 1 N–H and O–H groups in total. The van der Waals surface area contributed by atoms with Crippen LogP contribution in [0.5, 0.6) is 5.75 Å². The molecule has 6 nitrogen and oxygen atoms in total. The first-order valence-corrected chi connectivity index (χ1v) is 8.82. The molecule has 24 heavy (non-hydrogen) atoms. The summed E-state index contributed by atoms with van der Waals surface area (Å²) in [5.74, 6) is 0.689. The highest BCUT2D eigenvalue weighted by molar-refractivity contribution is 7.13. The summed E-state index contributed by atoms with van der Waals surface area (Å²) in [5, 5.41) is 5.37. The van der Waals surface area contributed by atoms with Gasteiger partial charge in [-0.15, -0.1) is 11.3 Å². The van der Waals surface area contributed by atoms with E-state index in [4.69, 9.17) is 4.74 Å². The van der Waals surface area contributed by atoms with Gasteiger partial charge < -0.3 is 10.1 Å². The zero-order chi connectivity index (χ0) is 16.7. The molecule has 1 aromatic heterocycles. The zero-order valence-corrected chi connectivity index (χ0v) is 14.0. The molecule has 0 unspecified atom stereocenters. The molecule has 0 spiro atoms. The van der Waals surface area contributed by atoms with E-state index in [9.17, 15) is 9.59 Å². The average Bonchev–Trinajstić information content (AvgIpc) is 3.32. The SMILES string of the molecule is C[C@@H]1Oc2ccccc2N(CC(=O)Nc2nc(C3CC3)cs2)C1=O. The zero-order valence-electron chi connectivity index (χ0n) is 13.2. The Bertz CT molecular complexity index is 800. The molecule has 2 aliphatic rings. The minimum absolute atomic E-state index is 0.0537. The second-order valence-electron chi connectivity index (χ2n) is 6.05. The smallest absolute Gasteiger partial charge is 0.268 e. The molecule has 1 aliphatic heterocycles. The van der Waals surface area contributed by atoms with Crippen molar-refractivity contribution in [2.75, 3.05) is 16.8 Å². The van der Waals surface area contributed by atoms with Gasteiger partial charge in [-0.3, -0.25) is 14.5 Å². The number of benzene rings is 1. The van der Waals surface area contributed by atoms with Crippen molar-refractivity contribution in [2.45, 2.75) is 31.8 Å². The van der Waals surface area contributed by atoms with Gasteiger partial charge in [0.05, 0.1) is 11.4 Å². The van der Waals surface area contributed by atoms with Crippen molar-refractivity contribution in [2.24, 2.45) is 0 Å². The minimum Gasteiger partial charge on any atom is -0.479 e. The van der Waals surface area contributed by atoms with Crippen LogP contribution in [0.3, 0.4) is 0 Å². The Balaban J connectivity index is 1.48. The van der Waals surface area contributed by atoms with Gasteiger partial charge in [0, 0.05) is 11.3 Å². The summed E-state index contributed by atoms with van der Waals surface area (Å²) < 4.78 is 5.58. The molecule has 7 heteroatoms. The minimum atomic E-state index is -0.603. The number of nitrogens with zero attached hydrogens (tertiary/aromatic N) is 2. The summed E-state index contributed by atoms with van der Waals surface area (Å²) in [7, 11) is 0. The molecule has 0 bridgehead atoms. The van der Waals surface area contributed by atoms with Crippen molar-refractivity contribution in [3.63, 3.8) is 0 Å². The highest BCUT2D eigenvalue weighted by Gasteiger charge is 2.32. The van der Waals surface area contributed by atoms with Gasteiger partial charge in [-0.2, -0.15) is 0 Å². The van der Waals surface area contributed by atoms with Gasteiger partial charge >= 0.3 is 0 Å². The van der Waals surface area contributed by atoms with Crippen molar-refractivity contribution < 1.29 is 14.3 Å². The third-order valence-electron chi connectivity index (χ3n) is 4.14. The normalized spacial score (nSPS) is 19.6. The number of thiazole rings is 1. The van der Waals surface area contributed by atoms with Crippen LogP contribution < -0.4 is 15.0 Å². The predicted molar refractivity (Wildman–Crippen MR) is 91.6 cm³/mol. The second kappa shape index (κ2) is 5.90. The fourth-order valence-electron chi connectivity index (χ4n) is 2.73. The summed E-state index contributed by atoms with van der Waals surface area (Å²) in [6.07, 6.45) is 1.75. The number of fused-ring (bicyclic) bond motifs is 1. The van der Waals surface area contributed by atoms with Gasteiger partial charge in [0.1, 0.15) is 12.3 Å². The molecule has 1 aromatic carbocycles. The van der Waals surface area contributed by atoms with Gasteiger partial charge in [0.15, 0.2) is 11.2 Å². The number of nitrogens with one attached hydrogen (secondary N) is 1. The molecule has 1 fully saturated rings. The van der Waals surface area contributed by atoms with E-state index < -0.39 is 6.10 Å². The van der Waals surface area contributed by atoms with Crippen LogP contribution in [0.25, 0.3) is 0 Å². The quantitative estimate of drug-likeness (QED) is 0.926. The molecule has 0 radical (unpaired) electrons. The van der Waals surface area contributed by atoms with E-state index in [2.05, 4.69) is 10.3 Å². The number of aromatic nitrogens is 1. The maximum atomic E-state index is 12.4. The third kappa shape index (κ3) is 2.87. The summed E-state index contributed by atoms with van der Waals surface area (Å²) in [6, 6.07) is 7.24. The number of para-hydroxylation sites is 2. The van der Waals surface area contributed by atoms with Gasteiger partial charge in [-0.25, -0.2) is 4.98 Å².